The Hall–Kier alpha value is -2.66. The molecule has 3 aromatic rings. The van der Waals surface area contributed by atoms with Gasteiger partial charge in [-0.2, -0.15) is 10.1 Å². The fraction of sp³-hybridized carbons (Fsp3) is 0.556. The van der Waals surface area contributed by atoms with E-state index in [1.165, 1.54) is 16.0 Å². The van der Waals surface area contributed by atoms with Gasteiger partial charge in [-0.3, -0.25) is 0 Å². The number of unbranched alkanes of at least 4 members (excludes halogenated alkanes) is 1. The molecule has 2 aliphatic rings. The Bertz CT molecular complexity index is 1170. The molecule has 9 nitrogen and oxygen atoms in total. The molecule has 2 aromatic heterocycles. The number of morpholine rings is 1. The monoisotopic (exact) mass is 528 g/mol. The number of thiazole rings is 1. The topological polar surface area (TPSA) is 113 Å². The molecule has 2 fully saturated rings. The zero-order valence-electron chi connectivity index (χ0n) is 21.4. The zero-order valence-corrected chi connectivity index (χ0v) is 22.2. The van der Waals surface area contributed by atoms with Crippen LogP contribution in [0.3, 0.4) is 0 Å². The van der Waals surface area contributed by atoms with Crippen LogP contribution < -0.4 is 9.64 Å². The number of aryl methyl sites for hydroxylation is 1. The highest BCUT2D eigenvalue weighted by atomic mass is 32.1. The van der Waals surface area contributed by atoms with Crippen molar-refractivity contribution < 1.29 is 24.8 Å². The van der Waals surface area contributed by atoms with Crippen molar-refractivity contribution in [1.82, 2.24) is 14.8 Å². The number of aliphatic hydroxyl groups excluding tert-OH is 2. The van der Waals surface area contributed by atoms with Gasteiger partial charge >= 0.3 is 0 Å². The Kier molecular flexibility index (Phi) is 7.99. The van der Waals surface area contributed by atoms with Gasteiger partial charge in [-0.15, -0.1) is 0 Å². The van der Waals surface area contributed by atoms with E-state index in [0.717, 1.165) is 48.0 Å². The van der Waals surface area contributed by atoms with Crippen molar-refractivity contribution >= 4 is 16.5 Å². The first-order chi connectivity index (χ1) is 18.0. The fourth-order valence-corrected chi connectivity index (χ4v) is 6.40. The van der Waals surface area contributed by atoms with Gasteiger partial charge in [0, 0.05) is 24.6 Å². The first-order valence-corrected chi connectivity index (χ1v) is 14.0. The van der Waals surface area contributed by atoms with Gasteiger partial charge < -0.3 is 29.7 Å². The molecule has 3 N–H and O–H groups in total. The lowest BCUT2D eigenvalue weighted by Gasteiger charge is -2.46. The van der Waals surface area contributed by atoms with Crippen molar-refractivity contribution in [2.75, 3.05) is 37.8 Å². The van der Waals surface area contributed by atoms with Gasteiger partial charge in [0.25, 0.3) is 0 Å². The van der Waals surface area contributed by atoms with Crippen molar-refractivity contribution in [1.29, 1.82) is 0 Å². The Morgan fingerprint density at radius 1 is 1.05 bits per heavy atom. The number of aromatic nitrogens is 3. The van der Waals surface area contributed by atoms with E-state index in [1.54, 1.807) is 0 Å². The SMILES string of the molecule is CCCCOc1nc(N2CCOCC2)sc1C1C(O)C(c2c(CCC)nn(-c3ccccc3)c2O)C1O. The quantitative estimate of drug-likeness (QED) is 0.342. The molecule has 200 valence electrons. The van der Waals surface area contributed by atoms with E-state index < -0.39 is 24.0 Å². The molecule has 0 radical (unpaired) electrons. The van der Waals surface area contributed by atoms with Crippen molar-refractivity contribution in [3.05, 3.63) is 46.5 Å². The molecular weight excluding hydrogens is 492 g/mol. The maximum atomic E-state index is 11.4. The molecule has 0 spiro atoms. The van der Waals surface area contributed by atoms with E-state index in [4.69, 9.17) is 14.5 Å². The lowest BCUT2D eigenvalue weighted by atomic mass is 9.65. The second kappa shape index (κ2) is 11.4. The second-order valence-corrected chi connectivity index (χ2v) is 10.7. The van der Waals surface area contributed by atoms with Gasteiger partial charge in [-0.1, -0.05) is 56.2 Å². The summed E-state index contributed by atoms with van der Waals surface area (Å²) >= 11 is 1.46. The molecule has 3 heterocycles. The lowest BCUT2D eigenvalue weighted by Crippen LogP contribution is -2.51. The summed E-state index contributed by atoms with van der Waals surface area (Å²) in [5.41, 5.74) is 1.95. The normalized spacial score (nSPS) is 23.7. The predicted octanol–water partition coefficient (Wildman–Crippen LogP) is 3.61. The Morgan fingerprint density at radius 3 is 2.46 bits per heavy atom. The molecular formula is C27H36N4O5S. The molecule has 2 atom stereocenters. The third-order valence-corrected chi connectivity index (χ3v) is 8.39. The summed E-state index contributed by atoms with van der Waals surface area (Å²) < 4.78 is 13.0. The van der Waals surface area contributed by atoms with Crippen molar-refractivity contribution in [3.8, 4) is 17.4 Å². The van der Waals surface area contributed by atoms with E-state index in [1.807, 2.05) is 37.3 Å². The van der Waals surface area contributed by atoms with Crippen molar-refractivity contribution in [2.24, 2.45) is 0 Å². The van der Waals surface area contributed by atoms with Crippen LogP contribution in [0.1, 0.15) is 61.1 Å². The Balaban J connectivity index is 1.46. The van der Waals surface area contributed by atoms with Gasteiger partial charge in [0.05, 0.1) is 54.2 Å². The summed E-state index contributed by atoms with van der Waals surface area (Å²) in [6.45, 7) is 7.45. The van der Waals surface area contributed by atoms with E-state index >= 15 is 0 Å². The summed E-state index contributed by atoms with van der Waals surface area (Å²) in [6, 6.07) is 9.41. The van der Waals surface area contributed by atoms with E-state index in [2.05, 4.69) is 16.9 Å². The van der Waals surface area contributed by atoms with Crippen molar-refractivity contribution in [2.45, 2.75) is 63.6 Å². The van der Waals surface area contributed by atoms with E-state index in [-0.39, 0.29) is 5.88 Å². The van der Waals surface area contributed by atoms with Crippen LogP contribution in [0.15, 0.2) is 30.3 Å². The van der Waals surface area contributed by atoms with Crippen LogP contribution in [0.4, 0.5) is 5.13 Å². The minimum atomic E-state index is -0.906. The number of benzene rings is 1. The van der Waals surface area contributed by atoms with Crippen LogP contribution in [-0.4, -0.2) is 75.2 Å². The molecule has 1 saturated heterocycles. The van der Waals surface area contributed by atoms with Crippen molar-refractivity contribution in [3.63, 3.8) is 0 Å². The molecule has 1 saturated carbocycles. The molecule has 5 rings (SSSR count). The van der Waals surface area contributed by atoms with Crippen LogP contribution in [0.25, 0.3) is 5.69 Å². The molecule has 2 unspecified atom stereocenters. The van der Waals surface area contributed by atoms with E-state index in [9.17, 15) is 15.3 Å². The van der Waals surface area contributed by atoms with Gasteiger partial charge in [-0.05, 0) is 25.0 Å². The van der Waals surface area contributed by atoms with Gasteiger partial charge in [0.2, 0.25) is 11.8 Å². The largest absolute Gasteiger partial charge is 0.493 e. The van der Waals surface area contributed by atoms with Crippen LogP contribution in [0.2, 0.25) is 0 Å². The maximum absolute atomic E-state index is 11.4. The third kappa shape index (κ3) is 4.95. The summed E-state index contributed by atoms with van der Waals surface area (Å²) in [4.78, 5) is 7.67. The predicted molar refractivity (Wildman–Crippen MR) is 142 cm³/mol. The van der Waals surface area contributed by atoms with Gasteiger partial charge in [0.1, 0.15) is 0 Å². The number of nitrogens with zero attached hydrogens (tertiary/aromatic N) is 4. The number of hydrogen-bond acceptors (Lipinski definition) is 9. The molecule has 0 amide bonds. The van der Waals surface area contributed by atoms with Gasteiger partial charge in [-0.25, -0.2) is 4.68 Å². The summed E-state index contributed by atoms with van der Waals surface area (Å²) in [5, 5.41) is 39.6. The number of aromatic hydroxyl groups is 1. The lowest BCUT2D eigenvalue weighted by molar-refractivity contribution is -0.0790. The minimum Gasteiger partial charge on any atom is -0.493 e. The highest BCUT2D eigenvalue weighted by molar-refractivity contribution is 7.16. The fourth-order valence-electron chi connectivity index (χ4n) is 5.16. The number of ether oxygens (including phenoxy) is 2. The number of rotatable bonds is 10. The first-order valence-electron chi connectivity index (χ1n) is 13.2. The number of anilines is 1. The second-order valence-electron chi connectivity index (χ2n) is 9.68. The standard InChI is InChI=1S/C27H36N4O5S/c1-3-5-14-36-25-24(37-27(28-25)30-12-15-35-16-13-30)21-22(32)20(23(21)33)19-18(9-4-2)29-31(26(19)34)17-10-7-6-8-11-17/h6-8,10-11,20-23,32-34H,3-5,9,12-16H2,1-2H3. The van der Waals surface area contributed by atoms with Gasteiger partial charge in [0.15, 0.2) is 5.13 Å². The molecule has 1 aromatic carbocycles. The maximum Gasteiger partial charge on any atom is 0.230 e. The highest BCUT2D eigenvalue weighted by Gasteiger charge is 2.55. The Labute approximate surface area is 221 Å². The summed E-state index contributed by atoms with van der Waals surface area (Å²) in [6.07, 6.45) is 1.55. The third-order valence-electron chi connectivity index (χ3n) is 7.20. The minimum absolute atomic E-state index is 0.0334. The van der Waals surface area contributed by atoms with E-state index in [0.29, 0.717) is 43.4 Å². The summed E-state index contributed by atoms with van der Waals surface area (Å²) in [5.74, 6) is -0.752. The summed E-state index contributed by atoms with van der Waals surface area (Å²) in [7, 11) is 0. The molecule has 1 aliphatic heterocycles. The van der Waals surface area contributed by atoms with Crippen LogP contribution in [0, 0.1) is 0 Å². The van der Waals surface area contributed by atoms with Crippen LogP contribution in [0.5, 0.6) is 11.8 Å². The average molecular weight is 529 g/mol. The highest BCUT2D eigenvalue weighted by Crippen LogP contribution is 2.55. The zero-order chi connectivity index (χ0) is 25.9. The first kappa shape index (κ1) is 26.0. The average Bonchev–Trinajstić information content (AvgIpc) is 3.47. The van der Waals surface area contributed by atoms with Crippen LogP contribution >= 0.6 is 11.3 Å². The number of para-hydroxylation sites is 1. The number of aliphatic hydroxyl groups is 2. The molecule has 1 aliphatic carbocycles. The molecule has 0 bridgehead atoms. The smallest absolute Gasteiger partial charge is 0.230 e. The molecule has 10 heteroatoms. The Morgan fingerprint density at radius 2 is 1.78 bits per heavy atom. The number of hydrogen-bond donors (Lipinski definition) is 3. The molecule has 37 heavy (non-hydrogen) atoms. The van der Waals surface area contributed by atoms with Crippen LogP contribution in [-0.2, 0) is 11.2 Å².